The Bertz CT molecular complexity index is 919. The van der Waals surface area contributed by atoms with Gasteiger partial charge in [0.25, 0.3) is 0 Å². The van der Waals surface area contributed by atoms with Gasteiger partial charge >= 0.3 is 0 Å². The van der Waals surface area contributed by atoms with Crippen molar-refractivity contribution in [1.82, 2.24) is 9.13 Å². The van der Waals surface area contributed by atoms with Crippen LogP contribution in [0, 0.1) is 13.8 Å². The Morgan fingerprint density at radius 3 is 1.68 bits per heavy atom. The Morgan fingerprint density at radius 1 is 0.840 bits per heavy atom. The number of hydrogen-bond donors (Lipinski definition) is 0. The van der Waals surface area contributed by atoms with Crippen LogP contribution in [-0.2, 0) is 0 Å². The van der Waals surface area contributed by atoms with E-state index < -0.39 is 0 Å². The molecule has 128 valence electrons. The summed E-state index contributed by atoms with van der Waals surface area (Å²) < 4.78 is 4.65. The second kappa shape index (κ2) is 6.59. The molecule has 0 atom stereocenters. The Hall–Kier alpha value is -2.23. The molecule has 3 nitrogen and oxygen atoms in total. The van der Waals surface area contributed by atoms with Gasteiger partial charge < -0.3 is 9.13 Å². The highest BCUT2D eigenvalue weighted by Crippen LogP contribution is 2.24. The molecule has 0 aliphatic heterocycles. The Labute approximate surface area is 151 Å². The fourth-order valence-corrected chi connectivity index (χ4v) is 3.59. The van der Waals surface area contributed by atoms with E-state index in [0.717, 1.165) is 27.9 Å². The van der Waals surface area contributed by atoms with Crippen molar-refractivity contribution in [2.45, 2.75) is 53.6 Å². The highest BCUT2D eigenvalue weighted by atomic mass is 15.2. The number of nitrogens with zero attached hydrogens (tertiary/aromatic N) is 3. The van der Waals surface area contributed by atoms with Crippen molar-refractivity contribution in [3.05, 3.63) is 53.1 Å². The van der Waals surface area contributed by atoms with E-state index in [4.69, 9.17) is 12.8 Å². The molecule has 0 fully saturated rings. The Morgan fingerprint density at radius 2 is 1.28 bits per heavy atom. The van der Waals surface area contributed by atoms with E-state index >= 15 is 0 Å². The SMILES string of the molecule is [B]c1cc(C)c(N=c2n(C(C)C)c3ccccc3n2C(C)C)c(C)c1. The minimum atomic E-state index is 0.318. The second-order valence-electron chi connectivity index (χ2n) is 7.33. The molecule has 1 aromatic heterocycles. The summed E-state index contributed by atoms with van der Waals surface area (Å²) in [7, 11) is 5.99. The predicted octanol–water partition coefficient (Wildman–Crippen LogP) is 4.25. The van der Waals surface area contributed by atoms with E-state index in [9.17, 15) is 0 Å². The van der Waals surface area contributed by atoms with Crippen LogP contribution in [0.2, 0.25) is 0 Å². The number of rotatable bonds is 3. The zero-order valence-electron chi connectivity index (χ0n) is 16.0. The first-order valence-electron chi connectivity index (χ1n) is 8.94. The van der Waals surface area contributed by atoms with E-state index in [1.165, 1.54) is 11.0 Å². The Kier molecular flexibility index (Phi) is 4.63. The monoisotopic (exact) mass is 331 g/mol. The van der Waals surface area contributed by atoms with Crippen LogP contribution in [0.15, 0.2) is 41.4 Å². The molecule has 0 aliphatic carbocycles. The first-order chi connectivity index (χ1) is 11.8. The molecule has 2 radical (unpaired) electrons. The van der Waals surface area contributed by atoms with E-state index in [1.54, 1.807) is 0 Å². The van der Waals surface area contributed by atoms with Crippen molar-refractivity contribution in [2.75, 3.05) is 0 Å². The van der Waals surface area contributed by atoms with Gasteiger partial charge in [-0.25, -0.2) is 4.99 Å². The lowest BCUT2D eigenvalue weighted by atomic mass is 9.91. The van der Waals surface area contributed by atoms with Gasteiger partial charge in [0, 0.05) is 12.1 Å². The third-order valence-electron chi connectivity index (χ3n) is 4.59. The first kappa shape index (κ1) is 17.6. The molecule has 4 heteroatoms. The zero-order valence-corrected chi connectivity index (χ0v) is 16.0. The molecule has 3 aromatic rings. The van der Waals surface area contributed by atoms with Crippen LogP contribution in [0.1, 0.15) is 50.9 Å². The number of fused-ring (bicyclic) bond motifs is 1. The standard InChI is InChI=1S/C21H26BN3/c1-13(2)24-18-9-7-8-10-19(18)25(14(3)4)21(24)23-20-15(5)11-17(22)12-16(20)6/h7-14H,1-6H3. The molecule has 0 saturated heterocycles. The normalized spacial score (nSPS) is 11.7. The van der Waals surface area contributed by atoms with Crippen LogP contribution in [-0.4, -0.2) is 17.0 Å². The average molecular weight is 331 g/mol. The third-order valence-corrected chi connectivity index (χ3v) is 4.59. The van der Waals surface area contributed by atoms with Gasteiger partial charge in [0.05, 0.1) is 16.7 Å². The van der Waals surface area contributed by atoms with E-state index in [-0.39, 0.29) is 0 Å². The van der Waals surface area contributed by atoms with Crippen LogP contribution >= 0.6 is 0 Å². The molecule has 25 heavy (non-hydrogen) atoms. The van der Waals surface area contributed by atoms with E-state index in [1.807, 2.05) is 12.1 Å². The summed E-state index contributed by atoms with van der Waals surface area (Å²) in [5.74, 6) is 0. The average Bonchev–Trinajstić information content (AvgIpc) is 2.84. The molecular weight excluding hydrogens is 305 g/mol. The van der Waals surface area contributed by atoms with E-state index in [0.29, 0.717) is 12.1 Å². The minimum Gasteiger partial charge on any atom is -0.307 e. The highest BCUT2D eigenvalue weighted by Gasteiger charge is 2.16. The lowest BCUT2D eigenvalue weighted by Crippen LogP contribution is -2.28. The van der Waals surface area contributed by atoms with Crippen molar-refractivity contribution in [1.29, 1.82) is 0 Å². The summed E-state index contributed by atoms with van der Waals surface area (Å²) in [4.78, 5) is 5.13. The molecule has 0 unspecified atom stereocenters. The predicted molar refractivity (Wildman–Crippen MR) is 107 cm³/mol. The lowest BCUT2D eigenvalue weighted by Gasteiger charge is -2.13. The molecule has 3 rings (SSSR count). The number of aryl methyl sites for hydroxylation is 2. The van der Waals surface area contributed by atoms with Crippen molar-refractivity contribution >= 4 is 30.0 Å². The van der Waals surface area contributed by atoms with E-state index in [2.05, 4.69) is 74.9 Å². The maximum Gasteiger partial charge on any atom is 0.211 e. The third kappa shape index (κ3) is 3.06. The summed E-state index contributed by atoms with van der Waals surface area (Å²) in [5, 5.41) is 0. The number of aromatic nitrogens is 2. The Balaban J connectivity index is 2.47. The summed E-state index contributed by atoms with van der Waals surface area (Å²) in [6.45, 7) is 13.0. The van der Waals surface area contributed by atoms with Gasteiger partial charge in [-0.3, -0.25) is 0 Å². The van der Waals surface area contributed by atoms with Crippen LogP contribution in [0.5, 0.6) is 0 Å². The van der Waals surface area contributed by atoms with Crippen molar-refractivity contribution < 1.29 is 0 Å². The molecule has 0 saturated carbocycles. The number of para-hydroxylation sites is 2. The van der Waals surface area contributed by atoms with Gasteiger partial charge in [0.15, 0.2) is 0 Å². The summed E-state index contributed by atoms with van der Waals surface area (Å²) >= 11 is 0. The van der Waals surface area contributed by atoms with Crippen LogP contribution in [0.25, 0.3) is 11.0 Å². The molecule has 0 N–H and O–H groups in total. The number of benzene rings is 2. The first-order valence-corrected chi connectivity index (χ1v) is 8.94. The van der Waals surface area contributed by atoms with Crippen molar-refractivity contribution in [3.8, 4) is 0 Å². The second-order valence-corrected chi connectivity index (χ2v) is 7.33. The smallest absolute Gasteiger partial charge is 0.211 e. The van der Waals surface area contributed by atoms with Crippen LogP contribution < -0.4 is 11.1 Å². The molecule has 0 amide bonds. The summed E-state index contributed by atoms with van der Waals surface area (Å²) in [5.41, 5.74) is 7.43. The quantitative estimate of drug-likeness (QED) is 0.641. The zero-order chi connectivity index (χ0) is 18.3. The molecule has 0 spiro atoms. The van der Waals surface area contributed by atoms with Gasteiger partial charge in [-0.05, 0) is 64.8 Å². The maximum absolute atomic E-state index is 5.99. The number of imidazole rings is 1. The molecule has 1 heterocycles. The molecule has 0 bridgehead atoms. The van der Waals surface area contributed by atoms with Crippen LogP contribution in [0.4, 0.5) is 5.69 Å². The molecule has 0 aliphatic rings. The lowest BCUT2D eigenvalue weighted by molar-refractivity contribution is 0.521. The van der Waals surface area contributed by atoms with Gasteiger partial charge in [-0.1, -0.05) is 29.7 Å². The highest BCUT2D eigenvalue weighted by molar-refractivity contribution is 6.32. The summed E-state index contributed by atoms with van der Waals surface area (Å²) in [6.07, 6.45) is 0. The van der Waals surface area contributed by atoms with Gasteiger partial charge in [-0.15, -0.1) is 0 Å². The van der Waals surface area contributed by atoms with Gasteiger partial charge in [0.2, 0.25) is 5.62 Å². The minimum absolute atomic E-state index is 0.318. The topological polar surface area (TPSA) is 22.2 Å². The van der Waals surface area contributed by atoms with Gasteiger partial charge in [-0.2, -0.15) is 0 Å². The molecule has 2 aromatic carbocycles. The van der Waals surface area contributed by atoms with Crippen LogP contribution in [0.3, 0.4) is 0 Å². The van der Waals surface area contributed by atoms with Gasteiger partial charge in [0.1, 0.15) is 7.85 Å². The molecular formula is C21H26BN3. The van der Waals surface area contributed by atoms with Crippen molar-refractivity contribution in [2.24, 2.45) is 4.99 Å². The van der Waals surface area contributed by atoms with Crippen molar-refractivity contribution in [3.63, 3.8) is 0 Å². The maximum atomic E-state index is 5.99. The fourth-order valence-electron chi connectivity index (χ4n) is 3.59. The summed E-state index contributed by atoms with van der Waals surface area (Å²) in [6, 6.07) is 13.2. The number of hydrogen-bond acceptors (Lipinski definition) is 1. The fraction of sp³-hybridized carbons (Fsp3) is 0.381. The largest absolute Gasteiger partial charge is 0.307 e.